The molecule has 102 valence electrons. The highest BCUT2D eigenvalue weighted by atomic mass is 16.5. The minimum absolute atomic E-state index is 0.0151. The number of methoxy groups -OCH3 is 1. The Hall–Kier alpha value is -1.36. The van der Waals surface area contributed by atoms with Crippen LogP contribution in [0.4, 0.5) is 4.79 Å². The van der Waals surface area contributed by atoms with E-state index in [4.69, 9.17) is 4.74 Å². The first kappa shape index (κ1) is 14.7. The lowest BCUT2D eigenvalue weighted by atomic mass is 10.1. The minimum Gasteiger partial charge on any atom is -0.383 e. The Kier molecular flexibility index (Phi) is 5.85. The van der Waals surface area contributed by atoms with E-state index in [2.05, 4.69) is 13.8 Å². The summed E-state index contributed by atoms with van der Waals surface area (Å²) in [5, 5.41) is 0. The Bertz CT molecular complexity index is 372. The fourth-order valence-corrected chi connectivity index (χ4v) is 2.07. The minimum atomic E-state index is 0.0151. The van der Waals surface area contributed by atoms with E-state index in [-0.39, 0.29) is 12.1 Å². The van der Waals surface area contributed by atoms with Gasteiger partial charge in [-0.3, -0.25) is 4.90 Å². The normalized spacial score (nSPS) is 10.9. The summed E-state index contributed by atoms with van der Waals surface area (Å²) in [5.41, 5.74) is 0. The fourth-order valence-electron chi connectivity index (χ4n) is 2.07. The van der Waals surface area contributed by atoms with Gasteiger partial charge >= 0.3 is 6.03 Å². The highest BCUT2D eigenvalue weighted by Gasteiger charge is 2.25. The maximum atomic E-state index is 12.4. The van der Waals surface area contributed by atoms with Gasteiger partial charge in [0.15, 0.2) is 0 Å². The number of carbonyl (C=O) groups excluding carboxylic acids is 1. The van der Waals surface area contributed by atoms with Gasteiger partial charge in [0.05, 0.1) is 13.7 Å². The van der Waals surface area contributed by atoms with Gasteiger partial charge < -0.3 is 4.74 Å². The monoisotopic (exact) mass is 254 g/mol. The average Bonchev–Trinajstić information content (AvgIpc) is 2.80. The Balaban J connectivity index is 2.84. The number of hydrogen-bond donors (Lipinski definition) is 0. The molecular weight excluding hydrogens is 230 g/mol. The lowest BCUT2D eigenvalue weighted by molar-refractivity contribution is -0.670. The number of imidazole rings is 1. The van der Waals surface area contributed by atoms with Crippen molar-refractivity contribution in [1.82, 2.24) is 9.47 Å². The maximum Gasteiger partial charge on any atom is 0.416 e. The molecule has 0 aromatic carbocycles. The van der Waals surface area contributed by atoms with Crippen molar-refractivity contribution in [3.8, 4) is 0 Å². The van der Waals surface area contributed by atoms with Crippen molar-refractivity contribution in [3.63, 3.8) is 0 Å². The first-order chi connectivity index (χ1) is 8.63. The van der Waals surface area contributed by atoms with Crippen LogP contribution in [-0.4, -0.2) is 41.8 Å². The molecule has 0 fully saturated rings. The first-order valence-electron chi connectivity index (χ1n) is 6.47. The van der Waals surface area contributed by atoms with Crippen molar-refractivity contribution in [2.75, 3.05) is 20.3 Å². The molecule has 0 bridgehead atoms. The molecule has 0 aliphatic rings. The highest BCUT2D eigenvalue weighted by Crippen LogP contribution is 2.10. The van der Waals surface area contributed by atoms with E-state index in [9.17, 15) is 4.79 Å². The van der Waals surface area contributed by atoms with Gasteiger partial charge in [0, 0.05) is 19.7 Å². The molecule has 5 heteroatoms. The van der Waals surface area contributed by atoms with Crippen LogP contribution in [0, 0.1) is 0 Å². The molecule has 0 aliphatic carbocycles. The van der Waals surface area contributed by atoms with Gasteiger partial charge in [0.2, 0.25) is 0 Å². The molecule has 1 aromatic rings. The number of carbonyl (C=O) groups is 1. The molecule has 0 aliphatic heterocycles. The van der Waals surface area contributed by atoms with Crippen molar-refractivity contribution in [2.45, 2.75) is 32.7 Å². The third-order valence-corrected chi connectivity index (χ3v) is 3.16. The molecule has 18 heavy (non-hydrogen) atoms. The van der Waals surface area contributed by atoms with Crippen molar-refractivity contribution < 1.29 is 14.1 Å². The summed E-state index contributed by atoms with van der Waals surface area (Å²) in [5.74, 6) is 0. The molecule has 0 spiro atoms. The smallest absolute Gasteiger partial charge is 0.383 e. The number of amides is 1. The second-order valence-electron chi connectivity index (χ2n) is 4.43. The van der Waals surface area contributed by atoms with E-state index < -0.39 is 0 Å². The zero-order chi connectivity index (χ0) is 13.5. The lowest BCUT2D eigenvalue weighted by Gasteiger charge is -2.27. The van der Waals surface area contributed by atoms with Crippen LogP contribution in [0.25, 0.3) is 0 Å². The average molecular weight is 254 g/mol. The van der Waals surface area contributed by atoms with Crippen LogP contribution >= 0.6 is 0 Å². The van der Waals surface area contributed by atoms with Gasteiger partial charge in [-0.05, 0) is 12.8 Å². The summed E-state index contributed by atoms with van der Waals surface area (Å²) in [7, 11) is 3.56. The van der Waals surface area contributed by atoms with Crippen molar-refractivity contribution >= 4 is 6.03 Å². The van der Waals surface area contributed by atoms with Crippen molar-refractivity contribution in [2.24, 2.45) is 7.05 Å². The summed E-state index contributed by atoms with van der Waals surface area (Å²) in [4.78, 5) is 14.3. The van der Waals surface area contributed by atoms with Crippen LogP contribution in [0.2, 0.25) is 0 Å². The van der Waals surface area contributed by atoms with Gasteiger partial charge in [0.1, 0.15) is 12.4 Å². The quantitative estimate of drug-likeness (QED) is 0.720. The number of nitrogens with zero attached hydrogens (tertiary/aromatic N) is 3. The van der Waals surface area contributed by atoms with Gasteiger partial charge in [-0.25, -0.2) is 9.36 Å². The number of ether oxygens (including phenoxy) is 1. The second kappa shape index (κ2) is 7.16. The summed E-state index contributed by atoms with van der Waals surface area (Å²) in [6.07, 6.45) is 7.34. The maximum absolute atomic E-state index is 12.4. The molecule has 0 saturated heterocycles. The Morgan fingerprint density at radius 3 is 2.56 bits per heavy atom. The van der Waals surface area contributed by atoms with E-state index in [1.807, 2.05) is 22.7 Å². The molecule has 0 N–H and O–H groups in total. The molecule has 0 radical (unpaired) electrons. The van der Waals surface area contributed by atoms with Gasteiger partial charge in [-0.1, -0.05) is 13.8 Å². The molecule has 0 saturated carbocycles. The van der Waals surface area contributed by atoms with Gasteiger partial charge in [-0.2, -0.15) is 4.57 Å². The van der Waals surface area contributed by atoms with Crippen LogP contribution in [0.3, 0.4) is 0 Å². The summed E-state index contributed by atoms with van der Waals surface area (Å²) in [6.45, 7) is 5.41. The van der Waals surface area contributed by atoms with Gasteiger partial charge in [0.25, 0.3) is 6.33 Å². The van der Waals surface area contributed by atoms with Crippen LogP contribution < -0.4 is 4.57 Å². The zero-order valence-electron chi connectivity index (χ0n) is 11.8. The molecule has 0 atom stereocenters. The van der Waals surface area contributed by atoms with Crippen LogP contribution in [0.5, 0.6) is 0 Å². The third-order valence-electron chi connectivity index (χ3n) is 3.16. The summed E-state index contributed by atoms with van der Waals surface area (Å²) in [6, 6.07) is 0.279. The van der Waals surface area contributed by atoms with E-state index in [1.165, 1.54) is 0 Å². The number of rotatable bonds is 6. The molecule has 1 aromatic heterocycles. The number of aryl methyl sites for hydroxylation is 1. The predicted molar refractivity (Wildman–Crippen MR) is 69.4 cm³/mol. The molecular formula is C13H24N3O2+. The van der Waals surface area contributed by atoms with Crippen LogP contribution in [0.1, 0.15) is 26.7 Å². The summed E-state index contributed by atoms with van der Waals surface area (Å²) >= 11 is 0. The Morgan fingerprint density at radius 1 is 1.44 bits per heavy atom. The fraction of sp³-hybridized carbons (Fsp3) is 0.692. The largest absolute Gasteiger partial charge is 0.416 e. The SMILES string of the molecule is CCC(CC)N(CCOC)C(=O)n1cc[n+](C)c1. The number of hydrogen-bond acceptors (Lipinski definition) is 2. The third kappa shape index (κ3) is 3.57. The van der Waals surface area contributed by atoms with Gasteiger partial charge in [-0.15, -0.1) is 0 Å². The van der Waals surface area contributed by atoms with E-state index >= 15 is 0 Å². The molecule has 0 unspecified atom stereocenters. The topological polar surface area (TPSA) is 38.4 Å². The van der Waals surface area contributed by atoms with Crippen molar-refractivity contribution in [1.29, 1.82) is 0 Å². The van der Waals surface area contributed by atoms with Crippen molar-refractivity contribution in [3.05, 3.63) is 18.7 Å². The lowest BCUT2D eigenvalue weighted by Crippen LogP contribution is -2.44. The van der Waals surface area contributed by atoms with Crippen LogP contribution in [0.15, 0.2) is 18.7 Å². The standard InChI is InChI=1S/C13H24N3O2/c1-5-12(6-2)16(9-10-18-4)13(17)15-8-7-14(3)11-15/h7-8,11-12H,5-6,9-10H2,1-4H3/q+1. The molecule has 1 amide bonds. The second-order valence-corrected chi connectivity index (χ2v) is 4.43. The molecule has 5 nitrogen and oxygen atoms in total. The predicted octanol–water partition coefficient (Wildman–Crippen LogP) is 1.42. The molecule has 1 rings (SSSR count). The Morgan fingerprint density at radius 2 is 2.11 bits per heavy atom. The van der Waals surface area contributed by atoms with Crippen LogP contribution in [-0.2, 0) is 11.8 Å². The highest BCUT2D eigenvalue weighted by molar-refractivity contribution is 5.76. The Labute approximate surface area is 109 Å². The molecule has 1 heterocycles. The first-order valence-corrected chi connectivity index (χ1v) is 6.47. The van der Waals surface area contributed by atoms with E-state index in [0.717, 1.165) is 12.8 Å². The summed E-state index contributed by atoms with van der Waals surface area (Å²) < 4.78 is 8.57. The van der Waals surface area contributed by atoms with E-state index in [1.54, 1.807) is 24.2 Å². The van der Waals surface area contributed by atoms with E-state index in [0.29, 0.717) is 13.2 Å². The number of aromatic nitrogens is 2. The zero-order valence-corrected chi connectivity index (χ0v) is 11.8.